The third-order valence-corrected chi connectivity index (χ3v) is 2.27. The Hall–Kier alpha value is -1.13. The first-order chi connectivity index (χ1) is 7.76. The lowest BCUT2D eigenvalue weighted by molar-refractivity contribution is 0.158. The van der Waals surface area contributed by atoms with Crippen LogP contribution in [0.25, 0.3) is 0 Å². The molecule has 1 aromatic heterocycles. The number of anilines is 1. The highest BCUT2D eigenvalue weighted by Crippen LogP contribution is 2.06. The van der Waals surface area contributed by atoms with Gasteiger partial charge in [0.15, 0.2) is 0 Å². The van der Waals surface area contributed by atoms with Gasteiger partial charge in [0.25, 0.3) is 0 Å². The second-order valence-corrected chi connectivity index (χ2v) is 3.78. The molecule has 0 bridgehead atoms. The topological polar surface area (TPSA) is 37.4 Å². The van der Waals surface area contributed by atoms with Crippen molar-refractivity contribution in [1.82, 2.24) is 9.88 Å². The summed E-state index contributed by atoms with van der Waals surface area (Å²) in [4.78, 5) is 6.71. The summed E-state index contributed by atoms with van der Waals surface area (Å²) in [6.07, 6.45) is 0. The van der Waals surface area contributed by atoms with E-state index in [9.17, 15) is 0 Å². The third-order valence-electron chi connectivity index (χ3n) is 2.27. The zero-order valence-corrected chi connectivity index (χ0v) is 10.4. The Kier molecular flexibility index (Phi) is 5.82. The van der Waals surface area contributed by atoms with Gasteiger partial charge >= 0.3 is 0 Å². The summed E-state index contributed by atoms with van der Waals surface area (Å²) < 4.78 is 5.04. The molecule has 0 spiro atoms. The van der Waals surface area contributed by atoms with Crippen molar-refractivity contribution in [3.63, 3.8) is 0 Å². The fourth-order valence-electron chi connectivity index (χ4n) is 1.45. The molecule has 0 saturated carbocycles. The minimum Gasteiger partial charge on any atom is -0.383 e. The zero-order valence-electron chi connectivity index (χ0n) is 10.4. The Morgan fingerprint density at radius 2 is 2.25 bits per heavy atom. The Balaban J connectivity index is 2.49. The van der Waals surface area contributed by atoms with E-state index >= 15 is 0 Å². The van der Waals surface area contributed by atoms with Crippen molar-refractivity contribution >= 4 is 5.82 Å². The maximum absolute atomic E-state index is 5.04. The molecule has 0 aromatic carbocycles. The number of likely N-dealkylation sites (N-methyl/N-ethyl adjacent to an activating group) is 1. The normalized spacial score (nSPS) is 10.8. The first-order valence-corrected chi connectivity index (χ1v) is 5.63. The van der Waals surface area contributed by atoms with E-state index in [0.29, 0.717) is 0 Å². The molecule has 0 aliphatic carbocycles. The monoisotopic (exact) mass is 223 g/mol. The first kappa shape index (κ1) is 12.9. The zero-order chi connectivity index (χ0) is 11.8. The van der Waals surface area contributed by atoms with Crippen LogP contribution in [0.4, 0.5) is 5.82 Å². The smallest absolute Gasteiger partial charge is 0.126 e. The summed E-state index contributed by atoms with van der Waals surface area (Å²) in [5.41, 5.74) is 1.08. The minimum atomic E-state index is 0.753. The van der Waals surface area contributed by atoms with Gasteiger partial charge in [0.05, 0.1) is 12.3 Å². The molecule has 0 unspecified atom stereocenters. The van der Waals surface area contributed by atoms with Crippen molar-refractivity contribution in [3.8, 4) is 0 Å². The molecule has 4 nitrogen and oxygen atoms in total. The first-order valence-electron chi connectivity index (χ1n) is 5.63. The molecule has 1 N–H and O–H groups in total. The van der Waals surface area contributed by atoms with Gasteiger partial charge in [0, 0.05) is 26.7 Å². The van der Waals surface area contributed by atoms with Gasteiger partial charge < -0.3 is 10.1 Å². The second-order valence-electron chi connectivity index (χ2n) is 3.78. The molecule has 0 amide bonds. The van der Waals surface area contributed by atoms with Crippen LogP contribution in [0, 0.1) is 0 Å². The van der Waals surface area contributed by atoms with Crippen LogP contribution in [-0.4, -0.2) is 43.7 Å². The van der Waals surface area contributed by atoms with Crippen molar-refractivity contribution in [2.24, 2.45) is 0 Å². The van der Waals surface area contributed by atoms with Gasteiger partial charge in [-0.05, 0) is 26.1 Å². The summed E-state index contributed by atoms with van der Waals surface area (Å²) in [6.45, 7) is 5.49. The molecule has 90 valence electrons. The van der Waals surface area contributed by atoms with Crippen LogP contribution in [0.1, 0.15) is 12.6 Å². The molecule has 0 fully saturated rings. The van der Waals surface area contributed by atoms with Crippen LogP contribution >= 0.6 is 0 Å². The minimum absolute atomic E-state index is 0.753. The SMILES string of the molecule is CCNc1cccc(CN(C)CCOC)n1. The van der Waals surface area contributed by atoms with Crippen LogP contribution in [-0.2, 0) is 11.3 Å². The summed E-state index contributed by atoms with van der Waals surface area (Å²) in [5.74, 6) is 0.945. The van der Waals surface area contributed by atoms with Gasteiger partial charge in [-0.15, -0.1) is 0 Å². The largest absolute Gasteiger partial charge is 0.383 e. The van der Waals surface area contributed by atoms with Gasteiger partial charge in [-0.3, -0.25) is 4.90 Å². The van der Waals surface area contributed by atoms with Crippen molar-refractivity contribution in [3.05, 3.63) is 23.9 Å². The standard InChI is InChI=1S/C12H21N3O/c1-4-13-12-7-5-6-11(14-12)10-15(2)8-9-16-3/h5-7H,4,8-10H2,1-3H3,(H,13,14). The number of methoxy groups -OCH3 is 1. The molecule has 1 rings (SSSR count). The number of hydrogen-bond acceptors (Lipinski definition) is 4. The highest BCUT2D eigenvalue weighted by Gasteiger charge is 2.01. The Labute approximate surface area is 97.6 Å². The number of nitrogens with zero attached hydrogens (tertiary/aromatic N) is 2. The van der Waals surface area contributed by atoms with E-state index in [1.807, 2.05) is 18.2 Å². The van der Waals surface area contributed by atoms with E-state index in [0.717, 1.165) is 37.8 Å². The highest BCUT2D eigenvalue weighted by molar-refractivity contribution is 5.34. The molecule has 0 aliphatic heterocycles. The van der Waals surface area contributed by atoms with Crippen molar-refractivity contribution in [2.45, 2.75) is 13.5 Å². The van der Waals surface area contributed by atoms with E-state index in [4.69, 9.17) is 4.74 Å². The molecule has 16 heavy (non-hydrogen) atoms. The molecule has 1 aromatic rings. The van der Waals surface area contributed by atoms with Crippen LogP contribution in [0.15, 0.2) is 18.2 Å². The Bertz CT molecular complexity index is 304. The molecular weight excluding hydrogens is 202 g/mol. The maximum atomic E-state index is 5.04. The van der Waals surface area contributed by atoms with Gasteiger partial charge in [-0.2, -0.15) is 0 Å². The van der Waals surface area contributed by atoms with Crippen LogP contribution < -0.4 is 5.32 Å². The van der Waals surface area contributed by atoms with E-state index in [2.05, 4.69) is 29.2 Å². The van der Waals surface area contributed by atoms with Crippen LogP contribution in [0.3, 0.4) is 0 Å². The molecule has 0 aliphatic rings. The number of aromatic nitrogens is 1. The van der Waals surface area contributed by atoms with Gasteiger partial charge in [0.2, 0.25) is 0 Å². The molecule has 4 heteroatoms. The number of hydrogen-bond donors (Lipinski definition) is 1. The molecule has 0 saturated heterocycles. The average molecular weight is 223 g/mol. The maximum Gasteiger partial charge on any atom is 0.126 e. The second kappa shape index (κ2) is 7.19. The van der Waals surface area contributed by atoms with Crippen molar-refractivity contribution < 1.29 is 4.74 Å². The van der Waals surface area contributed by atoms with Gasteiger partial charge in [-0.1, -0.05) is 6.07 Å². The Morgan fingerprint density at radius 3 is 2.94 bits per heavy atom. The molecule has 0 radical (unpaired) electrons. The summed E-state index contributed by atoms with van der Waals surface area (Å²) >= 11 is 0. The highest BCUT2D eigenvalue weighted by atomic mass is 16.5. The summed E-state index contributed by atoms with van der Waals surface area (Å²) in [5, 5.41) is 3.21. The number of rotatable bonds is 7. The van der Waals surface area contributed by atoms with Crippen molar-refractivity contribution in [2.75, 3.05) is 39.2 Å². The lowest BCUT2D eigenvalue weighted by Gasteiger charge is -2.15. The molecular formula is C12H21N3O. The third kappa shape index (κ3) is 4.59. The summed E-state index contributed by atoms with van der Waals surface area (Å²) in [7, 11) is 3.79. The number of pyridine rings is 1. The lowest BCUT2D eigenvalue weighted by atomic mass is 10.3. The summed E-state index contributed by atoms with van der Waals surface area (Å²) in [6, 6.07) is 6.07. The van der Waals surface area contributed by atoms with Crippen LogP contribution in [0.2, 0.25) is 0 Å². The van der Waals surface area contributed by atoms with E-state index in [1.165, 1.54) is 0 Å². The quantitative estimate of drug-likeness (QED) is 0.761. The molecule has 0 atom stereocenters. The molecule has 1 heterocycles. The fourth-order valence-corrected chi connectivity index (χ4v) is 1.45. The lowest BCUT2D eigenvalue weighted by Crippen LogP contribution is -2.22. The van der Waals surface area contributed by atoms with Gasteiger partial charge in [-0.25, -0.2) is 4.98 Å². The van der Waals surface area contributed by atoms with Crippen molar-refractivity contribution in [1.29, 1.82) is 0 Å². The van der Waals surface area contributed by atoms with Gasteiger partial charge in [0.1, 0.15) is 5.82 Å². The number of ether oxygens (including phenoxy) is 1. The fraction of sp³-hybridized carbons (Fsp3) is 0.583. The van der Waals surface area contributed by atoms with E-state index in [-0.39, 0.29) is 0 Å². The number of nitrogens with one attached hydrogen (secondary N) is 1. The average Bonchev–Trinajstić information content (AvgIpc) is 2.27. The van der Waals surface area contributed by atoms with E-state index < -0.39 is 0 Å². The predicted octanol–water partition coefficient (Wildman–Crippen LogP) is 1.59. The Morgan fingerprint density at radius 1 is 1.44 bits per heavy atom. The van der Waals surface area contributed by atoms with E-state index in [1.54, 1.807) is 7.11 Å². The van der Waals surface area contributed by atoms with Crippen LogP contribution in [0.5, 0.6) is 0 Å². The predicted molar refractivity (Wildman–Crippen MR) is 66.6 cm³/mol.